The summed E-state index contributed by atoms with van der Waals surface area (Å²) in [5.41, 5.74) is 1.07. The lowest BCUT2D eigenvalue weighted by atomic mass is 9.68. The molecule has 37 heavy (non-hydrogen) atoms. The van der Waals surface area contributed by atoms with Gasteiger partial charge in [-0.15, -0.1) is 0 Å². The summed E-state index contributed by atoms with van der Waals surface area (Å²) in [6.07, 6.45) is 4.32. The number of rotatable bonds is 9. The largest absolute Gasteiger partial charge is 0.646 e. The summed E-state index contributed by atoms with van der Waals surface area (Å²) in [7, 11) is 1.39. The summed E-state index contributed by atoms with van der Waals surface area (Å²) in [6.45, 7) is 0.943. The summed E-state index contributed by atoms with van der Waals surface area (Å²) < 4.78 is 42.8. The minimum absolute atomic E-state index is 0.119. The molecule has 0 N–H and O–H groups in total. The summed E-state index contributed by atoms with van der Waals surface area (Å²) >= 11 is 0. The van der Waals surface area contributed by atoms with Gasteiger partial charge in [-0.25, -0.2) is 0 Å². The number of allylic oxidation sites excluding steroid dienone is 1. The van der Waals surface area contributed by atoms with Crippen molar-refractivity contribution in [3.05, 3.63) is 96.3 Å². The molecule has 0 bridgehead atoms. The van der Waals surface area contributed by atoms with E-state index >= 15 is 0 Å². The van der Waals surface area contributed by atoms with Crippen LogP contribution in [0.2, 0.25) is 0 Å². The number of para-hydroxylation sites is 2. The van der Waals surface area contributed by atoms with Gasteiger partial charge in [-0.05, 0) is 74.5 Å². The van der Waals surface area contributed by atoms with Crippen molar-refractivity contribution < 1.29 is 27.6 Å². The van der Waals surface area contributed by atoms with Crippen LogP contribution in [0.15, 0.2) is 90.7 Å². The highest BCUT2D eigenvalue weighted by atomic mass is 31.2. The van der Waals surface area contributed by atoms with Crippen molar-refractivity contribution in [2.75, 3.05) is 27.8 Å². The topological polar surface area (TPSA) is 66.5 Å². The molecule has 0 saturated carbocycles. The van der Waals surface area contributed by atoms with E-state index in [1.807, 2.05) is 48.5 Å². The van der Waals surface area contributed by atoms with Gasteiger partial charge in [0.2, 0.25) is 0 Å². The van der Waals surface area contributed by atoms with Gasteiger partial charge in [-0.1, -0.05) is 42.5 Å². The Bertz CT molecular complexity index is 1250. The molecular formula is C29H32NO6P. The van der Waals surface area contributed by atoms with E-state index in [1.54, 1.807) is 38.5 Å². The number of likely N-dealkylation sites (tertiary alicyclic amines) is 1. The lowest BCUT2D eigenvalue weighted by molar-refractivity contribution is 0.185. The van der Waals surface area contributed by atoms with E-state index in [0.29, 0.717) is 35.2 Å². The van der Waals surface area contributed by atoms with Crippen molar-refractivity contribution >= 4 is 7.82 Å². The first-order valence-electron chi connectivity index (χ1n) is 12.4. The van der Waals surface area contributed by atoms with Crippen LogP contribution in [0.3, 0.4) is 0 Å². The van der Waals surface area contributed by atoms with Crippen LogP contribution >= 0.6 is 7.82 Å². The van der Waals surface area contributed by atoms with Crippen molar-refractivity contribution in [2.24, 2.45) is 0 Å². The highest BCUT2D eigenvalue weighted by Crippen LogP contribution is 2.55. The standard InChI is InChI=1S/C29H32NO6P/c1-30-19-18-29(22-14-15-26(32-2)27(20-22)33-3)17-16-25(21-28(29)30)36-37(31,34-23-10-6-4-7-11-23)35-24-12-8-5-9-13-24/h4-16,20,28H,17-19,21H2,1-3H3. The maximum atomic E-state index is 13.9. The van der Waals surface area contributed by atoms with Crippen molar-refractivity contribution in [3.8, 4) is 23.0 Å². The molecule has 3 aromatic rings. The fraction of sp³-hybridized carbons (Fsp3) is 0.310. The molecule has 8 heteroatoms. The third-order valence-electron chi connectivity index (χ3n) is 7.28. The van der Waals surface area contributed by atoms with Crippen LogP contribution < -0.4 is 18.5 Å². The summed E-state index contributed by atoms with van der Waals surface area (Å²) in [6, 6.07) is 24.2. The van der Waals surface area contributed by atoms with E-state index in [1.165, 1.54) is 5.56 Å². The van der Waals surface area contributed by atoms with Crippen LogP contribution in [0.5, 0.6) is 23.0 Å². The molecule has 2 unspecified atom stereocenters. The van der Waals surface area contributed by atoms with Crippen LogP contribution in [0.25, 0.3) is 0 Å². The number of phosphoric acid groups is 1. The SMILES string of the molecule is COc1ccc(C23CC=C(OP(=O)(Oc4ccccc4)Oc4ccccc4)CC2N(C)CC3)cc1OC. The van der Waals surface area contributed by atoms with Crippen molar-refractivity contribution in [1.29, 1.82) is 0 Å². The highest BCUT2D eigenvalue weighted by molar-refractivity contribution is 7.49. The zero-order chi connectivity index (χ0) is 25.9. The molecule has 1 fully saturated rings. The number of ether oxygens (including phenoxy) is 2. The Balaban J connectivity index is 1.44. The van der Waals surface area contributed by atoms with Crippen molar-refractivity contribution in [2.45, 2.75) is 30.7 Å². The van der Waals surface area contributed by atoms with Crippen molar-refractivity contribution in [1.82, 2.24) is 4.90 Å². The molecule has 5 rings (SSSR count). The quantitative estimate of drug-likeness (QED) is 0.294. The van der Waals surface area contributed by atoms with Crippen LogP contribution in [0.4, 0.5) is 0 Å². The molecule has 1 aliphatic heterocycles. The third kappa shape index (κ3) is 5.20. The molecule has 0 aromatic heterocycles. The number of phosphoric ester groups is 1. The highest BCUT2D eigenvalue weighted by Gasteiger charge is 2.50. The Hall–Kier alpha value is -3.41. The minimum atomic E-state index is -4.03. The van der Waals surface area contributed by atoms with Gasteiger partial charge in [0.1, 0.15) is 17.3 Å². The second kappa shape index (κ2) is 10.5. The maximum absolute atomic E-state index is 13.9. The smallest absolute Gasteiger partial charge is 0.493 e. The number of hydrogen-bond acceptors (Lipinski definition) is 7. The molecule has 0 spiro atoms. The molecule has 0 radical (unpaired) electrons. The molecule has 0 amide bonds. The van der Waals surface area contributed by atoms with Crippen LogP contribution in [0, 0.1) is 0 Å². The zero-order valence-electron chi connectivity index (χ0n) is 21.3. The predicted molar refractivity (Wildman–Crippen MR) is 142 cm³/mol. The Morgan fingerprint density at radius 2 is 1.46 bits per heavy atom. The number of benzene rings is 3. The van der Waals surface area contributed by atoms with E-state index in [2.05, 4.69) is 24.1 Å². The summed E-state index contributed by atoms with van der Waals surface area (Å²) in [4.78, 5) is 2.34. The van der Waals surface area contributed by atoms with Gasteiger partial charge in [0.25, 0.3) is 0 Å². The fourth-order valence-electron chi connectivity index (χ4n) is 5.37. The normalized spacial score (nSPS) is 21.5. The molecule has 3 aromatic carbocycles. The number of methoxy groups -OCH3 is 2. The second-order valence-corrected chi connectivity index (χ2v) is 10.8. The van der Waals surface area contributed by atoms with Gasteiger partial charge in [0.15, 0.2) is 11.5 Å². The van der Waals surface area contributed by atoms with Crippen LogP contribution in [-0.4, -0.2) is 38.8 Å². The average molecular weight is 522 g/mol. The van der Waals surface area contributed by atoms with Gasteiger partial charge in [-0.2, -0.15) is 4.57 Å². The Morgan fingerprint density at radius 1 is 0.838 bits per heavy atom. The first-order valence-corrected chi connectivity index (χ1v) is 13.8. The second-order valence-electron chi connectivity index (χ2n) is 9.40. The Morgan fingerprint density at radius 3 is 2.05 bits per heavy atom. The van der Waals surface area contributed by atoms with E-state index in [9.17, 15) is 4.57 Å². The monoisotopic (exact) mass is 521 g/mol. The van der Waals surface area contributed by atoms with Crippen LogP contribution in [0.1, 0.15) is 24.8 Å². The molecular weight excluding hydrogens is 489 g/mol. The molecule has 2 atom stereocenters. The lowest BCUT2D eigenvalue weighted by Gasteiger charge is -2.41. The molecule has 1 aliphatic carbocycles. The van der Waals surface area contributed by atoms with Gasteiger partial charge in [-0.3, -0.25) is 0 Å². The number of hydrogen-bond donors (Lipinski definition) is 0. The number of likely N-dealkylation sites (N-methyl/N-ethyl adjacent to an activating group) is 1. The van der Waals surface area contributed by atoms with Gasteiger partial charge >= 0.3 is 7.82 Å². The molecule has 194 valence electrons. The summed E-state index contributed by atoms with van der Waals surface area (Å²) in [5, 5.41) is 0. The number of nitrogens with zero attached hydrogens (tertiary/aromatic N) is 1. The van der Waals surface area contributed by atoms with Gasteiger partial charge < -0.3 is 27.9 Å². The first kappa shape index (κ1) is 25.2. The molecule has 2 aliphatic rings. The fourth-order valence-corrected chi connectivity index (χ4v) is 6.68. The first-order chi connectivity index (χ1) is 17.9. The predicted octanol–water partition coefficient (Wildman–Crippen LogP) is 6.61. The third-order valence-corrected chi connectivity index (χ3v) is 8.60. The maximum Gasteiger partial charge on any atom is 0.646 e. The lowest BCUT2D eigenvalue weighted by Crippen LogP contribution is -2.43. The van der Waals surface area contributed by atoms with Crippen LogP contribution in [-0.2, 0) is 14.5 Å². The molecule has 1 saturated heterocycles. The van der Waals surface area contributed by atoms with Gasteiger partial charge in [0, 0.05) is 17.9 Å². The number of fused-ring (bicyclic) bond motifs is 1. The van der Waals surface area contributed by atoms with Crippen molar-refractivity contribution in [3.63, 3.8) is 0 Å². The van der Waals surface area contributed by atoms with E-state index in [4.69, 9.17) is 23.0 Å². The van der Waals surface area contributed by atoms with E-state index < -0.39 is 7.82 Å². The Kier molecular flexibility index (Phi) is 7.18. The average Bonchev–Trinajstić information content (AvgIpc) is 3.26. The van der Waals surface area contributed by atoms with E-state index in [-0.39, 0.29) is 11.5 Å². The molecule has 7 nitrogen and oxygen atoms in total. The Labute approximate surface area is 218 Å². The summed E-state index contributed by atoms with van der Waals surface area (Å²) in [5.74, 6) is 2.85. The van der Waals surface area contributed by atoms with E-state index in [0.717, 1.165) is 19.4 Å². The molecule has 1 heterocycles. The van der Waals surface area contributed by atoms with Gasteiger partial charge in [0.05, 0.1) is 14.2 Å². The minimum Gasteiger partial charge on any atom is -0.493 e. The zero-order valence-corrected chi connectivity index (χ0v) is 22.2.